The molecule has 2 fully saturated rings. The van der Waals surface area contributed by atoms with Crippen molar-refractivity contribution in [2.24, 2.45) is 5.92 Å². The molecule has 3 heterocycles. The first-order valence-electron chi connectivity index (χ1n) is 9.48. The quantitative estimate of drug-likeness (QED) is 0.662. The molecule has 1 aliphatic heterocycles. The van der Waals surface area contributed by atoms with Crippen molar-refractivity contribution in [2.75, 3.05) is 18.4 Å². The number of sulfonamides is 1. The number of nitrogens with one attached hydrogen (secondary N) is 2. The van der Waals surface area contributed by atoms with E-state index in [4.69, 9.17) is 0 Å². The smallest absolute Gasteiger partial charge is 0.261 e. The molecule has 3 aromatic rings. The van der Waals surface area contributed by atoms with Crippen LogP contribution in [0.15, 0.2) is 46.2 Å². The second-order valence-corrected chi connectivity index (χ2v) is 9.39. The van der Waals surface area contributed by atoms with Gasteiger partial charge in [-0.3, -0.25) is 9.48 Å². The summed E-state index contributed by atoms with van der Waals surface area (Å²) in [6.45, 7) is 1.96. The summed E-state index contributed by atoms with van der Waals surface area (Å²) in [7, 11) is -3.40. The van der Waals surface area contributed by atoms with Crippen molar-refractivity contribution in [3.63, 3.8) is 0 Å². The summed E-state index contributed by atoms with van der Waals surface area (Å²) in [5.74, 6) is 1.11. The predicted octanol–water partition coefficient (Wildman–Crippen LogP) is 2.27. The standard InChI is InChI=1S/C19H21N5O3S/c25-19-17-16(8-9-20-19)24(12-13-2-3-13)22-18(17)21-14-4-6-15(7-5-14)28(26,27)23-10-1-11-23/h4-9,13H,1-3,10-12H2,(H,20,25)(H,21,22). The molecule has 146 valence electrons. The van der Waals surface area contributed by atoms with Crippen LogP contribution >= 0.6 is 0 Å². The van der Waals surface area contributed by atoms with Crippen molar-refractivity contribution < 1.29 is 8.42 Å². The van der Waals surface area contributed by atoms with E-state index in [2.05, 4.69) is 15.4 Å². The summed E-state index contributed by atoms with van der Waals surface area (Å²) < 4.78 is 28.3. The van der Waals surface area contributed by atoms with Crippen molar-refractivity contribution in [2.45, 2.75) is 30.7 Å². The van der Waals surface area contributed by atoms with Gasteiger partial charge in [0.1, 0.15) is 5.39 Å². The van der Waals surface area contributed by atoms with Crippen LogP contribution in [0.3, 0.4) is 0 Å². The minimum absolute atomic E-state index is 0.195. The Kier molecular flexibility index (Phi) is 4.02. The Labute approximate surface area is 162 Å². The lowest BCUT2D eigenvalue weighted by molar-refractivity contribution is 0.309. The Morgan fingerprint density at radius 2 is 1.89 bits per heavy atom. The second kappa shape index (κ2) is 6.46. The molecule has 2 N–H and O–H groups in total. The number of H-pyrrole nitrogens is 1. The maximum Gasteiger partial charge on any atom is 0.261 e. The van der Waals surface area contributed by atoms with Crippen molar-refractivity contribution in [1.82, 2.24) is 19.1 Å². The van der Waals surface area contributed by atoms with Crippen molar-refractivity contribution in [3.8, 4) is 0 Å². The van der Waals surface area contributed by atoms with E-state index in [9.17, 15) is 13.2 Å². The Hall–Kier alpha value is -2.65. The van der Waals surface area contributed by atoms with Gasteiger partial charge in [0.25, 0.3) is 5.56 Å². The largest absolute Gasteiger partial charge is 0.338 e. The van der Waals surface area contributed by atoms with Gasteiger partial charge in [-0.1, -0.05) is 0 Å². The van der Waals surface area contributed by atoms with Crippen LogP contribution in [-0.4, -0.2) is 40.6 Å². The molecule has 8 nitrogen and oxygen atoms in total. The third kappa shape index (κ3) is 3.00. The van der Waals surface area contributed by atoms with Crippen LogP contribution < -0.4 is 10.9 Å². The Balaban J connectivity index is 1.46. The second-order valence-electron chi connectivity index (χ2n) is 7.45. The van der Waals surface area contributed by atoms with Gasteiger partial charge in [0.15, 0.2) is 5.82 Å². The highest BCUT2D eigenvalue weighted by Crippen LogP contribution is 2.33. The highest BCUT2D eigenvalue weighted by molar-refractivity contribution is 7.89. The highest BCUT2D eigenvalue weighted by Gasteiger charge is 2.29. The minimum Gasteiger partial charge on any atom is -0.338 e. The van der Waals surface area contributed by atoms with Crippen LogP contribution in [0, 0.1) is 5.92 Å². The van der Waals surface area contributed by atoms with Crippen LogP contribution in [-0.2, 0) is 16.6 Å². The first kappa shape index (κ1) is 17.4. The van der Waals surface area contributed by atoms with E-state index in [1.54, 1.807) is 30.5 Å². The lowest BCUT2D eigenvalue weighted by Crippen LogP contribution is -2.41. The predicted molar refractivity (Wildman–Crippen MR) is 106 cm³/mol. The van der Waals surface area contributed by atoms with E-state index in [0.717, 1.165) is 18.5 Å². The molecule has 28 heavy (non-hydrogen) atoms. The normalized spacial score (nSPS) is 17.6. The molecule has 0 amide bonds. The molecule has 5 rings (SSSR count). The molecule has 0 spiro atoms. The number of aromatic amines is 1. The number of hydrogen-bond donors (Lipinski definition) is 2. The monoisotopic (exact) mass is 399 g/mol. The van der Waals surface area contributed by atoms with E-state index in [1.807, 2.05) is 10.7 Å². The molecule has 1 aromatic carbocycles. The number of aromatic nitrogens is 3. The Morgan fingerprint density at radius 3 is 2.54 bits per heavy atom. The summed E-state index contributed by atoms with van der Waals surface area (Å²) in [4.78, 5) is 15.4. The average Bonchev–Trinajstić information content (AvgIpc) is 3.36. The molecule has 1 saturated heterocycles. The molecule has 0 radical (unpaired) electrons. The number of rotatable bonds is 6. The van der Waals surface area contributed by atoms with Crippen LogP contribution in [0.2, 0.25) is 0 Å². The average molecular weight is 399 g/mol. The molecule has 0 unspecified atom stereocenters. The van der Waals surface area contributed by atoms with E-state index in [1.165, 1.54) is 17.1 Å². The molecular formula is C19H21N5O3S. The fourth-order valence-corrected chi connectivity index (χ4v) is 4.95. The van der Waals surface area contributed by atoms with Gasteiger partial charge in [-0.25, -0.2) is 8.42 Å². The van der Waals surface area contributed by atoms with Crippen LogP contribution in [0.4, 0.5) is 11.5 Å². The highest BCUT2D eigenvalue weighted by atomic mass is 32.2. The molecular weight excluding hydrogens is 378 g/mol. The molecule has 1 saturated carbocycles. The zero-order chi connectivity index (χ0) is 19.3. The Morgan fingerprint density at radius 1 is 1.14 bits per heavy atom. The minimum atomic E-state index is -3.40. The third-order valence-electron chi connectivity index (χ3n) is 5.37. The molecule has 0 atom stereocenters. The third-order valence-corrected chi connectivity index (χ3v) is 7.29. The van der Waals surface area contributed by atoms with Gasteiger partial charge in [-0.05, 0) is 55.5 Å². The van der Waals surface area contributed by atoms with Gasteiger partial charge in [0.2, 0.25) is 10.0 Å². The van der Waals surface area contributed by atoms with Gasteiger partial charge in [0, 0.05) is 31.5 Å². The van der Waals surface area contributed by atoms with E-state index >= 15 is 0 Å². The van der Waals surface area contributed by atoms with Crippen LogP contribution in [0.5, 0.6) is 0 Å². The molecule has 2 aromatic heterocycles. The zero-order valence-electron chi connectivity index (χ0n) is 15.3. The number of hydrogen-bond acceptors (Lipinski definition) is 5. The number of fused-ring (bicyclic) bond motifs is 1. The Bertz CT molecular complexity index is 1190. The van der Waals surface area contributed by atoms with Gasteiger partial charge in [-0.2, -0.15) is 9.40 Å². The van der Waals surface area contributed by atoms with Crippen molar-refractivity contribution in [1.29, 1.82) is 0 Å². The molecule has 2 aliphatic rings. The summed E-state index contributed by atoms with van der Waals surface area (Å²) >= 11 is 0. The van der Waals surface area contributed by atoms with Crippen LogP contribution in [0.25, 0.3) is 10.9 Å². The fraction of sp³-hybridized carbons (Fsp3) is 0.368. The number of benzene rings is 1. The first-order chi connectivity index (χ1) is 13.5. The number of anilines is 2. The molecule has 9 heteroatoms. The maximum absolute atomic E-state index is 12.5. The maximum atomic E-state index is 12.5. The van der Waals surface area contributed by atoms with E-state index < -0.39 is 10.0 Å². The van der Waals surface area contributed by atoms with E-state index in [0.29, 0.717) is 35.9 Å². The SMILES string of the molecule is O=c1[nH]ccc2c1c(Nc1ccc(S(=O)(=O)N3CCC3)cc1)nn2CC1CC1. The van der Waals surface area contributed by atoms with Gasteiger partial charge in [-0.15, -0.1) is 0 Å². The number of nitrogens with zero attached hydrogens (tertiary/aromatic N) is 3. The summed E-state index contributed by atoms with van der Waals surface area (Å²) in [6, 6.07) is 8.44. The lowest BCUT2D eigenvalue weighted by Gasteiger charge is -2.29. The van der Waals surface area contributed by atoms with Crippen molar-refractivity contribution >= 4 is 32.4 Å². The summed E-state index contributed by atoms with van der Waals surface area (Å²) in [5, 5.41) is 8.30. The topological polar surface area (TPSA) is 100 Å². The summed E-state index contributed by atoms with van der Waals surface area (Å²) in [5.41, 5.74) is 1.29. The van der Waals surface area contributed by atoms with Crippen LogP contribution in [0.1, 0.15) is 19.3 Å². The summed E-state index contributed by atoms with van der Waals surface area (Å²) in [6.07, 6.45) is 4.93. The first-order valence-corrected chi connectivity index (χ1v) is 10.9. The van der Waals surface area contributed by atoms with Crippen molar-refractivity contribution in [3.05, 3.63) is 46.9 Å². The molecule has 1 aliphatic carbocycles. The van der Waals surface area contributed by atoms with Gasteiger partial charge < -0.3 is 10.3 Å². The lowest BCUT2D eigenvalue weighted by atomic mass is 10.3. The number of pyridine rings is 1. The zero-order valence-corrected chi connectivity index (χ0v) is 16.1. The van der Waals surface area contributed by atoms with E-state index in [-0.39, 0.29) is 10.5 Å². The van der Waals surface area contributed by atoms with Gasteiger partial charge in [0.05, 0.1) is 10.4 Å². The fourth-order valence-electron chi connectivity index (χ4n) is 3.43. The molecule has 0 bridgehead atoms. The van der Waals surface area contributed by atoms with Gasteiger partial charge >= 0.3 is 0 Å².